The van der Waals surface area contributed by atoms with Gasteiger partial charge in [-0.15, -0.1) is 0 Å². The number of hydrogen-bond acceptors (Lipinski definition) is 4. The van der Waals surface area contributed by atoms with Crippen molar-refractivity contribution in [1.82, 2.24) is 24.1 Å². The lowest BCUT2D eigenvalue weighted by atomic mass is 10.1. The van der Waals surface area contributed by atoms with Crippen LogP contribution in [0.5, 0.6) is 5.75 Å². The highest BCUT2D eigenvalue weighted by atomic mass is 16.5. The summed E-state index contributed by atoms with van der Waals surface area (Å²) in [4.78, 5) is 9.12. The van der Waals surface area contributed by atoms with Gasteiger partial charge in [0.2, 0.25) is 0 Å². The Morgan fingerprint density at radius 3 is 2.58 bits per heavy atom. The molecule has 0 atom stereocenters. The summed E-state index contributed by atoms with van der Waals surface area (Å²) in [5, 5.41) is 4.54. The molecule has 0 aliphatic heterocycles. The van der Waals surface area contributed by atoms with Gasteiger partial charge in [0.15, 0.2) is 5.65 Å². The van der Waals surface area contributed by atoms with Crippen LogP contribution in [-0.2, 0) is 6.54 Å². The lowest BCUT2D eigenvalue weighted by Gasteiger charge is -2.11. The fraction of sp³-hybridized carbons (Fsp3) is 0.160. The minimum atomic E-state index is 0.123. The number of rotatable bonds is 6. The van der Waals surface area contributed by atoms with E-state index in [1.54, 1.807) is 6.20 Å². The van der Waals surface area contributed by atoms with Crippen LogP contribution >= 0.6 is 0 Å². The van der Waals surface area contributed by atoms with Crippen LogP contribution in [-0.4, -0.2) is 30.3 Å². The number of hydrogen-bond donors (Lipinski definition) is 0. The van der Waals surface area contributed by atoms with Gasteiger partial charge < -0.3 is 4.74 Å². The molecular weight excluding hydrogens is 386 g/mol. The molecule has 3 aromatic heterocycles. The van der Waals surface area contributed by atoms with Crippen molar-refractivity contribution in [3.8, 4) is 28.3 Å². The van der Waals surface area contributed by atoms with Gasteiger partial charge in [0.05, 0.1) is 42.6 Å². The summed E-state index contributed by atoms with van der Waals surface area (Å²) in [5.41, 5.74) is 5.86. The fourth-order valence-electron chi connectivity index (χ4n) is 3.61. The zero-order chi connectivity index (χ0) is 21.2. The minimum Gasteiger partial charge on any atom is -0.491 e. The summed E-state index contributed by atoms with van der Waals surface area (Å²) < 4.78 is 9.84. The zero-order valence-corrected chi connectivity index (χ0v) is 17.5. The van der Waals surface area contributed by atoms with Gasteiger partial charge in [-0.2, -0.15) is 5.10 Å². The molecule has 6 heteroatoms. The third-order valence-corrected chi connectivity index (χ3v) is 5.01. The average molecular weight is 409 g/mol. The van der Waals surface area contributed by atoms with Crippen LogP contribution in [0.25, 0.3) is 28.2 Å². The van der Waals surface area contributed by atoms with Crippen LogP contribution in [0.3, 0.4) is 0 Å². The molecule has 0 saturated carbocycles. The molecule has 0 fully saturated rings. The molecule has 0 spiro atoms. The minimum absolute atomic E-state index is 0.123. The zero-order valence-electron chi connectivity index (χ0n) is 17.5. The van der Waals surface area contributed by atoms with Crippen LogP contribution in [0, 0.1) is 0 Å². The van der Waals surface area contributed by atoms with Crippen LogP contribution in [0.1, 0.15) is 19.4 Å². The topological polar surface area (TPSA) is 57.2 Å². The lowest BCUT2D eigenvalue weighted by Crippen LogP contribution is -2.05. The van der Waals surface area contributed by atoms with Crippen LogP contribution < -0.4 is 4.74 Å². The third kappa shape index (κ3) is 4.05. The Morgan fingerprint density at radius 2 is 1.74 bits per heavy atom. The number of fused-ring (bicyclic) bond motifs is 1. The van der Waals surface area contributed by atoms with E-state index in [-0.39, 0.29) is 6.10 Å². The maximum atomic E-state index is 5.84. The van der Waals surface area contributed by atoms with Gasteiger partial charge in [0.25, 0.3) is 0 Å². The van der Waals surface area contributed by atoms with Crippen LogP contribution in [0.2, 0.25) is 0 Å². The van der Waals surface area contributed by atoms with Gasteiger partial charge in [-0.1, -0.05) is 42.5 Å². The van der Waals surface area contributed by atoms with Gasteiger partial charge in [-0.3, -0.25) is 14.1 Å². The largest absolute Gasteiger partial charge is 0.491 e. The molecule has 0 aliphatic carbocycles. The van der Waals surface area contributed by atoms with Crippen molar-refractivity contribution in [2.45, 2.75) is 26.5 Å². The van der Waals surface area contributed by atoms with Crippen molar-refractivity contribution in [2.75, 3.05) is 0 Å². The first-order valence-corrected chi connectivity index (χ1v) is 10.3. The van der Waals surface area contributed by atoms with Crippen molar-refractivity contribution in [2.24, 2.45) is 0 Å². The highest BCUT2D eigenvalue weighted by Gasteiger charge is 2.11. The Hall–Kier alpha value is -3.93. The highest BCUT2D eigenvalue weighted by Crippen LogP contribution is 2.26. The quantitative estimate of drug-likeness (QED) is 0.392. The number of benzene rings is 2. The van der Waals surface area contributed by atoms with E-state index in [4.69, 9.17) is 4.74 Å². The van der Waals surface area contributed by atoms with Gasteiger partial charge in [-0.05, 0) is 31.5 Å². The first kappa shape index (κ1) is 19.1. The van der Waals surface area contributed by atoms with E-state index in [9.17, 15) is 0 Å². The number of imidazole rings is 1. The summed E-state index contributed by atoms with van der Waals surface area (Å²) in [5.74, 6) is 0.836. The van der Waals surface area contributed by atoms with Crippen molar-refractivity contribution >= 4 is 5.65 Å². The third-order valence-electron chi connectivity index (χ3n) is 5.01. The van der Waals surface area contributed by atoms with E-state index in [1.807, 2.05) is 85.8 Å². The molecule has 5 rings (SSSR count). The maximum Gasteiger partial charge on any atom is 0.155 e. The molecule has 6 nitrogen and oxygen atoms in total. The molecule has 0 bridgehead atoms. The van der Waals surface area contributed by atoms with Crippen molar-refractivity contribution in [1.29, 1.82) is 0 Å². The van der Waals surface area contributed by atoms with Gasteiger partial charge in [0, 0.05) is 23.5 Å². The second kappa shape index (κ2) is 8.07. The Bertz CT molecular complexity index is 1320. The molecule has 0 unspecified atom stereocenters. The van der Waals surface area contributed by atoms with Gasteiger partial charge in [-0.25, -0.2) is 4.98 Å². The number of ether oxygens (including phenoxy) is 1. The molecule has 31 heavy (non-hydrogen) atoms. The van der Waals surface area contributed by atoms with Crippen LogP contribution in [0.15, 0.2) is 85.6 Å². The Balaban J connectivity index is 1.48. The molecule has 0 aliphatic rings. The van der Waals surface area contributed by atoms with Crippen molar-refractivity contribution < 1.29 is 4.74 Å². The number of aromatic nitrogens is 5. The number of nitrogens with zero attached hydrogens (tertiary/aromatic N) is 5. The summed E-state index contributed by atoms with van der Waals surface area (Å²) in [7, 11) is 0. The second-order valence-corrected chi connectivity index (χ2v) is 7.75. The van der Waals surface area contributed by atoms with E-state index in [0.717, 1.165) is 40.5 Å². The molecule has 154 valence electrons. The Labute approximate surface area is 180 Å². The lowest BCUT2D eigenvalue weighted by molar-refractivity contribution is 0.242. The fourth-order valence-corrected chi connectivity index (χ4v) is 3.61. The predicted molar refractivity (Wildman–Crippen MR) is 121 cm³/mol. The van der Waals surface area contributed by atoms with E-state index in [0.29, 0.717) is 0 Å². The standard InChI is InChI=1S/C25H23N5O/c1-18(2)31-22-10-6-9-20(11-22)23-17-30-24(13-27-25(30)14-26-23)21-12-28-29(16-21)15-19-7-4-3-5-8-19/h3-14,16-18H,15H2,1-2H3. The second-order valence-electron chi connectivity index (χ2n) is 7.75. The van der Waals surface area contributed by atoms with E-state index < -0.39 is 0 Å². The summed E-state index contributed by atoms with van der Waals surface area (Å²) in [6.07, 6.45) is 9.72. The predicted octanol–water partition coefficient (Wildman–Crippen LogP) is 5.10. The SMILES string of the molecule is CC(C)Oc1cccc(-c2cn3c(-c4cnn(Cc5ccccc5)c4)cnc3cn2)c1. The Kier molecular flexibility index (Phi) is 4.96. The normalized spacial score (nSPS) is 11.3. The monoisotopic (exact) mass is 409 g/mol. The molecule has 0 amide bonds. The van der Waals surface area contributed by atoms with Gasteiger partial charge in [0.1, 0.15) is 5.75 Å². The summed E-state index contributed by atoms with van der Waals surface area (Å²) in [6.45, 7) is 4.77. The van der Waals surface area contributed by atoms with Crippen molar-refractivity contribution in [3.63, 3.8) is 0 Å². The molecule has 3 heterocycles. The van der Waals surface area contributed by atoms with E-state index in [2.05, 4.69) is 31.6 Å². The van der Waals surface area contributed by atoms with Crippen molar-refractivity contribution in [3.05, 3.63) is 91.1 Å². The molecule has 0 saturated heterocycles. The molecular formula is C25H23N5O. The first-order valence-electron chi connectivity index (χ1n) is 10.3. The van der Waals surface area contributed by atoms with Crippen LogP contribution in [0.4, 0.5) is 0 Å². The average Bonchev–Trinajstić information content (AvgIpc) is 3.40. The highest BCUT2D eigenvalue weighted by molar-refractivity contribution is 5.66. The summed E-state index contributed by atoms with van der Waals surface area (Å²) in [6, 6.07) is 18.3. The molecule has 0 radical (unpaired) electrons. The van der Waals surface area contributed by atoms with Gasteiger partial charge >= 0.3 is 0 Å². The smallest absolute Gasteiger partial charge is 0.155 e. The molecule has 0 N–H and O–H groups in total. The molecule has 5 aromatic rings. The molecule has 2 aromatic carbocycles. The first-order chi connectivity index (χ1) is 15.2. The van der Waals surface area contributed by atoms with E-state index in [1.165, 1.54) is 5.56 Å². The maximum absolute atomic E-state index is 5.84. The van der Waals surface area contributed by atoms with E-state index >= 15 is 0 Å². The Morgan fingerprint density at radius 1 is 0.871 bits per heavy atom. The summed E-state index contributed by atoms with van der Waals surface area (Å²) >= 11 is 0.